The molecular formula is C25H30N2O. The van der Waals surface area contributed by atoms with Crippen LogP contribution >= 0.6 is 0 Å². The Morgan fingerprint density at radius 2 is 1.93 bits per heavy atom. The van der Waals surface area contributed by atoms with Crippen LogP contribution in [0.1, 0.15) is 73.0 Å². The predicted molar refractivity (Wildman–Crippen MR) is 114 cm³/mol. The number of nitrogens with one attached hydrogen (secondary N) is 2. The zero-order valence-corrected chi connectivity index (χ0v) is 16.8. The van der Waals surface area contributed by atoms with Gasteiger partial charge in [0.05, 0.1) is 6.04 Å². The average molecular weight is 375 g/mol. The maximum absolute atomic E-state index is 12.7. The van der Waals surface area contributed by atoms with Crippen LogP contribution < -0.4 is 10.6 Å². The maximum atomic E-state index is 12.7. The van der Waals surface area contributed by atoms with Crippen molar-refractivity contribution in [3.05, 3.63) is 65.2 Å². The van der Waals surface area contributed by atoms with Crippen LogP contribution in [0.5, 0.6) is 0 Å². The second kappa shape index (κ2) is 6.95. The van der Waals surface area contributed by atoms with Gasteiger partial charge in [-0.05, 0) is 85.6 Å². The summed E-state index contributed by atoms with van der Waals surface area (Å²) in [5.41, 5.74) is 4.80. The van der Waals surface area contributed by atoms with Gasteiger partial charge in [-0.2, -0.15) is 0 Å². The molecule has 1 heterocycles. The lowest BCUT2D eigenvalue weighted by molar-refractivity contribution is 0.0939. The van der Waals surface area contributed by atoms with Gasteiger partial charge in [0, 0.05) is 17.3 Å². The van der Waals surface area contributed by atoms with Gasteiger partial charge in [-0.15, -0.1) is 0 Å². The van der Waals surface area contributed by atoms with Gasteiger partial charge in [-0.25, -0.2) is 0 Å². The van der Waals surface area contributed by atoms with E-state index in [1.807, 2.05) is 6.07 Å². The van der Waals surface area contributed by atoms with Crippen LogP contribution in [0, 0.1) is 17.8 Å². The Kier molecular flexibility index (Phi) is 4.41. The molecule has 2 bridgehead atoms. The van der Waals surface area contributed by atoms with E-state index in [4.69, 9.17) is 0 Å². The second-order valence-corrected chi connectivity index (χ2v) is 9.05. The van der Waals surface area contributed by atoms with E-state index in [-0.39, 0.29) is 11.9 Å². The van der Waals surface area contributed by atoms with Crippen molar-refractivity contribution < 1.29 is 4.79 Å². The van der Waals surface area contributed by atoms with Gasteiger partial charge in [0.1, 0.15) is 0 Å². The Bertz CT molecular complexity index is 877. The van der Waals surface area contributed by atoms with E-state index in [0.717, 1.165) is 23.8 Å². The van der Waals surface area contributed by atoms with E-state index in [1.54, 1.807) is 0 Å². The molecule has 3 nitrogen and oxygen atoms in total. The molecule has 1 amide bonds. The maximum Gasteiger partial charge on any atom is 0.251 e. The van der Waals surface area contributed by atoms with E-state index in [1.165, 1.54) is 36.1 Å². The molecule has 0 saturated heterocycles. The third-order valence-corrected chi connectivity index (χ3v) is 7.50. The predicted octanol–water partition coefficient (Wildman–Crippen LogP) is 5.51. The normalized spacial score (nSPS) is 30.9. The van der Waals surface area contributed by atoms with Crippen LogP contribution in [-0.4, -0.2) is 11.9 Å². The van der Waals surface area contributed by atoms with Crippen LogP contribution in [0.4, 0.5) is 5.69 Å². The minimum Gasteiger partial charge on any atom is -0.378 e. The van der Waals surface area contributed by atoms with Crippen molar-refractivity contribution in [3.63, 3.8) is 0 Å². The highest BCUT2D eigenvalue weighted by Gasteiger charge is 2.53. The van der Waals surface area contributed by atoms with Crippen molar-refractivity contribution in [1.29, 1.82) is 0 Å². The molecule has 2 fully saturated rings. The lowest BCUT2D eigenvalue weighted by Crippen LogP contribution is -2.36. The van der Waals surface area contributed by atoms with E-state index in [2.05, 4.69) is 66.9 Å². The van der Waals surface area contributed by atoms with Gasteiger partial charge in [0.15, 0.2) is 0 Å². The van der Waals surface area contributed by atoms with Crippen molar-refractivity contribution in [2.45, 2.75) is 57.5 Å². The molecule has 2 N–H and O–H groups in total. The van der Waals surface area contributed by atoms with Gasteiger partial charge in [-0.1, -0.05) is 37.3 Å². The first kappa shape index (κ1) is 17.8. The first-order chi connectivity index (χ1) is 13.7. The lowest BCUT2D eigenvalue weighted by atomic mass is 9.68. The van der Waals surface area contributed by atoms with Crippen molar-refractivity contribution in [2.75, 3.05) is 5.32 Å². The van der Waals surface area contributed by atoms with Crippen molar-refractivity contribution >= 4 is 11.6 Å². The summed E-state index contributed by atoms with van der Waals surface area (Å²) >= 11 is 0. The van der Waals surface area contributed by atoms with Crippen molar-refractivity contribution in [2.24, 2.45) is 17.8 Å². The van der Waals surface area contributed by atoms with Crippen LogP contribution in [0.3, 0.4) is 0 Å². The van der Waals surface area contributed by atoms with E-state index in [9.17, 15) is 4.79 Å². The minimum atomic E-state index is 0.0574. The Hall–Kier alpha value is -2.29. The first-order valence-electron chi connectivity index (χ1n) is 10.9. The van der Waals surface area contributed by atoms with Gasteiger partial charge >= 0.3 is 0 Å². The summed E-state index contributed by atoms with van der Waals surface area (Å²) in [5, 5.41) is 6.98. The monoisotopic (exact) mass is 374 g/mol. The molecular weight excluding hydrogens is 344 g/mol. The summed E-state index contributed by atoms with van der Waals surface area (Å²) in [6.45, 7) is 4.17. The highest BCUT2D eigenvalue weighted by Crippen LogP contribution is 2.63. The number of anilines is 1. The zero-order valence-electron chi connectivity index (χ0n) is 16.8. The number of carbonyl (C=O) groups is 1. The van der Waals surface area contributed by atoms with Crippen molar-refractivity contribution in [1.82, 2.24) is 5.32 Å². The van der Waals surface area contributed by atoms with E-state index >= 15 is 0 Å². The minimum absolute atomic E-state index is 0.0574. The van der Waals surface area contributed by atoms with Crippen LogP contribution in [0.15, 0.2) is 48.5 Å². The Labute approximate surface area is 167 Å². The van der Waals surface area contributed by atoms with Gasteiger partial charge < -0.3 is 10.6 Å². The van der Waals surface area contributed by atoms with Crippen LogP contribution in [-0.2, 0) is 0 Å². The molecule has 0 unspecified atom stereocenters. The molecule has 2 saturated carbocycles. The summed E-state index contributed by atoms with van der Waals surface area (Å²) in [4.78, 5) is 12.7. The molecule has 3 aliphatic rings. The number of hydrogen-bond acceptors (Lipinski definition) is 2. The molecule has 0 spiro atoms. The molecule has 2 aromatic carbocycles. The number of carbonyl (C=O) groups excluding carboxylic acids is 1. The van der Waals surface area contributed by atoms with Crippen LogP contribution in [0.2, 0.25) is 0 Å². The zero-order chi connectivity index (χ0) is 19.3. The Morgan fingerprint density at radius 1 is 1.14 bits per heavy atom. The third-order valence-electron chi connectivity index (χ3n) is 7.50. The van der Waals surface area contributed by atoms with E-state index in [0.29, 0.717) is 17.9 Å². The number of rotatable bonds is 4. The van der Waals surface area contributed by atoms with Crippen molar-refractivity contribution in [3.8, 4) is 0 Å². The highest BCUT2D eigenvalue weighted by atomic mass is 16.1. The van der Waals surface area contributed by atoms with E-state index < -0.39 is 0 Å². The van der Waals surface area contributed by atoms with Crippen LogP contribution in [0.25, 0.3) is 0 Å². The molecule has 1 aliphatic heterocycles. The topological polar surface area (TPSA) is 41.1 Å². The molecule has 146 valence electrons. The summed E-state index contributed by atoms with van der Waals surface area (Å²) in [6, 6.07) is 17.8. The standard InChI is InChI=1S/C25H30N2O/c1-3-15(2)26-25(28)19-11-12-21-20(14-19)22-17-9-10-18(13-17)23(22)24(27-21)16-7-5-4-6-8-16/h4-8,11-12,14-15,17-18,22-24,27H,3,9-10,13H2,1-2H3,(H,26,28)/t15-,17+,18-,22-,23-,24-/m0/s1. The molecule has 3 heteroatoms. The summed E-state index contributed by atoms with van der Waals surface area (Å²) in [7, 11) is 0. The molecule has 2 aliphatic carbocycles. The largest absolute Gasteiger partial charge is 0.378 e. The SMILES string of the molecule is CC[C@H](C)NC(=O)c1ccc2c(c1)[C@@H]1[C@@H]3CC[C@@H](C3)[C@@H]1[C@H](c1ccccc1)N2. The number of benzene rings is 2. The fraction of sp³-hybridized carbons (Fsp3) is 0.480. The second-order valence-electron chi connectivity index (χ2n) is 9.05. The fourth-order valence-electron chi connectivity index (χ4n) is 6.03. The highest BCUT2D eigenvalue weighted by molar-refractivity contribution is 5.95. The fourth-order valence-corrected chi connectivity index (χ4v) is 6.03. The molecule has 28 heavy (non-hydrogen) atoms. The molecule has 0 radical (unpaired) electrons. The number of amides is 1. The summed E-state index contributed by atoms with van der Waals surface area (Å²) < 4.78 is 0. The smallest absolute Gasteiger partial charge is 0.251 e. The summed E-state index contributed by atoms with van der Waals surface area (Å²) in [5.74, 6) is 2.86. The van der Waals surface area contributed by atoms with Gasteiger partial charge in [0.2, 0.25) is 0 Å². The molecule has 6 atom stereocenters. The molecule has 2 aromatic rings. The Balaban J connectivity index is 1.52. The Morgan fingerprint density at radius 3 is 2.71 bits per heavy atom. The first-order valence-corrected chi connectivity index (χ1v) is 10.9. The average Bonchev–Trinajstić information content (AvgIpc) is 3.36. The number of fused-ring (bicyclic) bond motifs is 7. The number of hydrogen-bond donors (Lipinski definition) is 2. The summed E-state index contributed by atoms with van der Waals surface area (Å²) in [6.07, 6.45) is 5.00. The lowest BCUT2D eigenvalue weighted by Gasteiger charge is -2.43. The third kappa shape index (κ3) is 2.83. The quantitative estimate of drug-likeness (QED) is 0.741. The molecule has 5 rings (SSSR count). The van der Waals surface area contributed by atoms with Gasteiger partial charge in [-0.3, -0.25) is 4.79 Å². The van der Waals surface area contributed by atoms with Gasteiger partial charge in [0.25, 0.3) is 5.91 Å². The molecule has 0 aromatic heterocycles.